The fourth-order valence-corrected chi connectivity index (χ4v) is 4.27. The van der Waals surface area contributed by atoms with Crippen molar-refractivity contribution >= 4 is 26.5 Å². The van der Waals surface area contributed by atoms with Gasteiger partial charge in [-0.05, 0) is 38.5 Å². The van der Waals surface area contributed by atoms with Gasteiger partial charge in [0.25, 0.3) is 0 Å². The molecule has 1 fully saturated rings. The normalized spacial score (nSPS) is 25.0. The largest absolute Gasteiger partial charge is 0.358 e. The first-order valence-electron chi connectivity index (χ1n) is 6.17. The van der Waals surface area contributed by atoms with E-state index in [0.717, 1.165) is 36.6 Å². The van der Waals surface area contributed by atoms with E-state index in [4.69, 9.17) is 0 Å². The van der Waals surface area contributed by atoms with Crippen molar-refractivity contribution in [3.05, 3.63) is 5.82 Å². The minimum Gasteiger partial charge on any atom is -0.358 e. The summed E-state index contributed by atoms with van der Waals surface area (Å²) in [5.41, 5.74) is 0. The lowest BCUT2D eigenvalue weighted by Gasteiger charge is -2.28. The van der Waals surface area contributed by atoms with Crippen LogP contribution >= 0.6 is 11.5 Å². The smallest absolute Gasteiger partial charge is 0.202 e. The van der Waals surface area contributed by atoms with Crippen molar-refractivity contribution in [2.45, 2.75) is 38.6 Å². The van der Waals surface area contributed by atoms with Crippen LogP contribution in [0.25, 0.3) is 0 Å². The van der Waals surface area contributed by atoms with Crippen LogP contribution in [0.5, 0.6) is 0 Å². The molecule has 1 aromatic rings. The summed E-state index contributed by atoms with van der Waals surface area (Å²) in [6.45, 7) is 1.88. The summed E-state index contributed by atoms with van der Waals surface area (Å²) in [6, 6.07) is 0.410. The van der Waals surface area contributed by atoms with Crippen molar-refractivity contribution in [1.82, 2.24) is 9.36 Å². The lowest BCUT2D eigenvalue weighted by atomic mass is 9.87. The van der Waals surface area contributed by atoms with E-state index in [2.05, 4.69) is 14.7 Å². The Balaban J connectivity index is 1.80. The number of sulfone groups is 1. The fraction of sp³-hybridized carbons (Fsp3) is 0.818. The molecule has 0 amide bonds. The van der Waals surface area contributed by atoms with Gasteiger partial charge in [-0.25, -0.2) is 13.4 Å². The van der Waals surface area contributed by atoms with Gasteiger partial charge in [0, 0.05) is 23.8 Å². The highest BCUT2D eigenvalue weighted by Gasteiger charge is 2.24. The van der Waals surface area contributed by atoms with Crippen molar-refractivity contribution in [2.24, 2.45) is 5.92 Å². The van der Waals surface area contributed by atoms with E-state index < -0.39 is 9.84 Å². The SMILES string of the molecule is Cc1nsc(NC2CCC(CS(C)(=O)=O)CC2)n1. The fourth-order valence-electron chi connectivity index (χ4n) is 2.43. The summed E-state index contributed by atoms with van der Waals surface area (Å²) >= 11 is 1.39. The molecule has 1 heterocycles. The summed E-state index contributed by atoms with van der Waals surface area (Å²) in [5, 5.41) is 4.25. The van der Waals surface area contributed by atoms with E-state index in [1.807, 2.05) is 6.92 Å². The molecular weight excluding hydrogens is 270 g/mol. The lowest BCUT2D eigenvalue weighted by molar-refractivity contribution is 0.362. The maximum atomic E-state index is 11.2. The monoisotopic (exact) mass is 289 g/mol. The van der Waals surface area contributed by atoms with Crippen LogP contribution in [-0.4, -0.2) is 35.8 Å². The van der Waals surface area contributed by atoms with Crippen LogP contribution in [-0.2, 0) is 9.84 Å². The van der Waals surface area contributed by atoms with E-state index in [1.165, 1.54) is 17.8 Å². The minimum atomic E-state index is -2.84. The molecule has 1 aromatic heterocycles. The zero-order valence-electron chi connectivity index (χ0n) is 10.7. The topological polar surface area (TPSA) is 72.0 Å². The number of hydrogen-bond donors (Lipinski definition) is 1. The highest BCUT2D eigenvalue weighted by atomic mass is 32.2. The number of nitrogens with one attached hydrogen (secondary N) is 1. The highest BCUT2D eigenvalue weighted by Crippen LogP contribution is 2.27. The predicted molar refractivity (Wildman–Crippen MR) is 73.7 cm³/mol. The van der Waals surface area contributed by atoms with Crippen LogP contribution in [0.4, 0.5) is 5.13 Å². The molecule has 7 heteroatoms. The van der Waals surface area contributed by atoms with Gasteiger partial charge in [-0.15, -0.1) is 0 Å². The second-order valence-corrected chi connectivity index (χ2v) is 8.04. The Kier molecular flexibility index (Phi) is 4.21. The molecule has 0 saturated heterocycles. The van der Waals surface area contributed by atoms with Gasteiger partial charge in [-0.3, -0.25) is 0 Å². The third-order valence-electron chi connectivity index (χ3n) is 3.24. The lowest BCUT2D eigenvalue weighted by Crippen LogP contribution is -2.28. The number of nitrogens with zero attached hydrogens (tertiary/aromatic N) is 2. The average molecular weight is 289 g/mol. The average Bonchev–Trinajstić information content (AvgIpc) is 2.65. The maximum absolute atomic E-state index is 11.2. The van der Waals surface area contributed by atoms with Crippen molar-refractivity contribution in [3.8, 4) is 0 Å². The quantitative estimate of drug-likeness (QED) is 0.916. The standard InChI is InChI=1S/C11H19N3O2S2/c1-8-12-11(17-14-8)13-10-5-3-9(4-6-10)7-18(2,15)16/h9-10H,3-7H2,1-2H3,(H,12,13,14). The molecule has 2 rings (SSSR count). The molecule has 0 bridgehead atoms. The Morgan fingerprint density at radius 3 is 2.50 bits per heavy atom. The molecule has 0 unspecified atom stereocenters. The van der Waals surface area contributed by atoms with Gasteiger partial charge in [0.15, 0.2) is 0 Å². The molecule has 1 aliphatic rings. The third kappa shape index (κ3) is 4.20. The Morgan fingerprint density at radius 1 is 1.33 bits per heavy atom. The molecule has 0 spiro atoms. The summed E-state index contributed by atoms with van der Waals surface area (Å²) in [5.74, 6) is 1.46. The number of anilines is 1. The van der Waals surface area contributed by atoms with E-state index in [-0.39, 0.29) is 0 Å². The van der Waals surface area contributed by atoms with E-state index >= 15 is 0 Å². The summed E-state index contributed by atoms with van der Waals surface area (Å²) in [7, 11) is -2.84. The van der Waals surface area contributed by atoms with Crippen molar-refractivity contribution < 1.29 is 8.42 Å². The Morgan fingerprint density at radius 2 is 2.00 bits per heavy atom. The molecule has 1 N–H and O–H groups in total. The summed E-state index contributed by atoms with van der Waals surface area (Å²) < 4.78 is 26.6. The van der Waals surface area contributed by atoms with Crippen LogP contribution in [0.1, 0.15) is 31.5 Å². The van der Waals surface area contributed by atoms with Gasteiger partial charge in [-0.2, -0.15) is 4.37 Å². The molecule has 0 aromatic carbocycles. The number of hydrogen-bond acceptors (Lipinski definition) is 6. The molecule has 0 aliphatic heterocycles. The molecule has 102 valence electrons. The third-order valence-corrected chi connectivity index (χ3v) is 5.05. The van der Waals surface area contributed by atoms with Crippen LogP contribution < -0.4 is 5.32 Å². The Labute approximate surface area is 112 Å². The highest BCUT2D eigenvalue weighted by molar-refractivity contribution is 7.90. The van der Waals surface area contributed by atoms with Crippen LogP contribution in [0, 0.1) is 12.8 Å². The van der Waals surface area contributed by atoms with Crippen molar-refractivity contribution in [1.29, 1.82) is 0 Å². The van der Waals surface area contributed by atoms with Gasteiger partial charge in [-0.1, -0.05) is 0 Å². The number of aryl methyl sites for hydroxylation is 1. The van der Waals surface area contributed by atoms with Gasteiger partial charge in [0.05, 0.1) is 5.75 Å². The van der Waals surface area contributed by atoms with Gasteiger partial charge < -0.3 is 5.32 Å². The first-order chi connectivity index (χ1) is 8.42. The molecule has 1 aliphatic carbocycles. The number of rotatable bonds is 4. The zero-order chi connectivity index (χ0) is 13.2. The van der Waals surface area contributed by atoms with Crippen LogP contribution in [0.3, 0.4) is 0 Å². The summed E-state index contributed by atoms with van der Waals surface area (Å²) in [6.07, 6.45) is 5.30. The predicted octanol–water partition coefficient (Wildman–Crippen LogP) is 1.86. The summed E-state index contributed by atoms with van der Waals surface area (Å²) in [4.78, 5) is 4.28. The second-order valence-electron chi connectivity index (χ2n) is 5.10. The molecule has 18 heavy (non-hydrogen) atoms. The Bertz CT molecular complexity index is 490. The van der Waals surface area contributed by atoms with E-state index in [0.29, 0.717) is 17.7 Å². The number of aromatic nitrogens is 2. The second kappa shape index (κ2) is 5.52. The van der Waals surface area contributed by atoms with E-state index in [1.54, 1.807) is 0 Å². The van der Waals surface area contributed by atoms with Gasteiger partial charge >= 0.3 is 0 Å². The molecular formula is C11H19N3O2S2. The maximum Gasteiger partial charge on any atom is 0.202 e. The van der Waals surface area contributed by atoms with Crippen molar-refractivity contribution in [3.63, 3.8) is 0 Å². The van der Waals surface area contributed by atoms with E-state index in [9.17, 15) is 8.42 Å². The first kappa shape index (κ1) is 13.7. The molecule has 0 radical (unpaired) electrons. The minimum absolute atomic E-state index is 0.328. The van der Waals surface area contributed by atoms with Crippen LogP contribution in [0.2, 0.25) is 0 Å². The van der Waals surface area contributed by atoms with Gasteiger partial charge in [0.2, 0.25) is 5.13 Å². The van der Waals surface area contributed by atoms with Crippen LogP contribution in [0.15, 0.2) is 0 Å². The molecule has 5 nitrogen and oxygen atoms in total. The van der Waals surface area contributed by atoms with Crippen molar-refractivity contribution in [2.75, 3.05) is 17.3 Å². The molecule has 1 saturated carbocycles. The molecule has 0 atom stereocenters. The first-order valence-corrected chi connectivity index (χ1v) is 9.00. The Hall–Kier alpha value is -0.690. The zero-order valence-corrected chi connectivity index (χ0v) is 12.4. The van der Waals surface area contributed by atoms with Gasteiger partial charge in [0.1, 0.15) is 15.7 Å².